The van der Waals surface area contributed by atoms with Crippen LogP contribution in [0.5, 0.6) is 0 Å². The van der Waals surface area contributed by atoms with Gasteiger partial charge in [-0.2, -0.15) is 0 Å². The number of rotatable bonds is 3. The number of hydrogen-bond acceptors (Lipinski definition) is 0. The molecule has 5 unspecified atom stereocenters. The molecule has 5 rings (SSSR count). The lowest BCUT2D eigenvalue weighted by atomic mass is 9.77. The Labute approximate surface area is 165 Å². The lowest BCUT2D eigenvalue weighted by molar-refractivity contribution is 0.247. The van der Waals surface area contributed by atoms with Crippen LogP contribution >= 0.6 is 0 Å². The molecule has 0 aromatic heterocycles. The Balaban J connectivity index is 1.69. The van der Waals surface area contributed by atoms with Gasteiger partial charge in [0.05, 0.1) is 0 Å². The minimum absolute atomic E-state index is 0.722. The van der Waals surface area contributed by atoms with E-state index in [0.29, 0.717) is 0 Å². The molecule has 0 heterocycles. The third-order valence-electron chi connectivity index (χ3n) is 7.88. The predicted molar refractivity (Wildman–Crippen MR) is 118 cm³/mol. The Morgan fingerprint density at radius 2 is 1.19 bits per heavy atom. The molecule has 3 aliphatic rings. The first-order chi connectivity index (χ1) is 13.3. The van der Waals surface area contributed by atoms with Gasteiger partial charge in [-0.3, -0.25) is 0 Å². The van der Waals surface area contributed by atoms with Gasteiger partial charge in [-0.05, 0) is 35.6 Å². The Morgan fingerprint density at radius 3 is 1.78 bits per heavy atom. The molecule has 5 atom stereocenters. The summed E-state index contributed by atoms with van der Waals surface area (Å²) in [6, 6.07) is 23.1. The lowest BCUT2D eigenvalue weighted by Crippen LogP contribution is -2.61. The molecular weight excluding hydrogens is 340 g/mol. The molecule has 2 fully saturated rings. The van der Waals surface area contributed by atoms with Gasteiger partial charge in [-0.1, -0.05) is 121 Å². The largest absolute Gasteiger partial charge is 0.119 e. The van der Waals surface area contributed by atoms with E-state index >= 15 is 0 Å². The minimum atomic E-state index is -1.87. The van der Waals surface area contributed by atoms with Crippen molar-refractivity contribution in [1.82, 2.24) is 0 Å². The Hall–Kier alpha value is -1.86. The van der Waals surface area contributed by atoms with Gasteiger partial charge in [-0.15, -0.1) is 0 Å². The fourth-order valence-electron chi connectivity index (χ4n) is 6.76. The van der Waals surface area contributed by atoms with Gasteiger partial charge in [-0.25, -0.2) is 0 Å². The Morgan fingerprint density at radius 1 is 0.667 bits per heavy atom. The molecule has 0 N–H and O–H groups in total. The number of hydrogen-bond donors (Lipinski definition) is 0. The van der Waals surface area contributed by atoms with Crippen molar-refractivity contribution in [3.8, 4) is 0 Å². The fourth-order valence-corrected chi connectivity index (χ4v) is 12.0. The fraction of sp³-hybridized carbons (Fsp3) is 0.385. The maximum atomic E-state index is 2.67. The van der Waals surface area contributed by atoms with Gasteiger partial charge in [0.25, 0.3) is 0 Å². The maximum absolute atomic E-state index is 2.67. The summed E-state index contributed by atoms with van der Waals surface area (Å²) in [5.41, 5.74) is 0.804. The van der Waals surface area contributed by atoms with Crippen molar-refractivity contribution in [2.75, 3.05) is 0 Å². The van der Waals surface area contributed by atoms with E-state index in [1.54, 1.807) is 10.4 Å². The van der Waals surface area contributed by atoms with Gasteiger partial charge in [0.2, 0.25) is 0 Å². The summed E-state index contributed by atoms with van der Waals surface area (Å²) >= 11 is 0. The molecule has 0 aliphatic heterocycles. The summed E-state index contributed by atoms with van der Waals surface area (Å²) in [6.07, 6.45) is 15.5. The quantitative estimate of drug-likeness (QED) is 0.632. The molecule has 1 heteroatoms. The van der Waals surface area contributed by atoms with E-state index in [1.165, 1.54) is 25.7 Å². The molecule has 0 saturated heterocycles. The standard InChI is InChI=1S/C26H30Si/c1-27(20-12-4-2-5-13-20,21-14-6-3-7-15-21)26-24-18-10-8-16-22(24)23-17-9-11-19-25(23)26/h2-8,10,12-16,18,22-26H,9,11,17,19H2,1H3. The molecule has 0 nitrogen and oxygen atoms in total. The van der Waals surface area contributed by atoms with E-state index in [9.17, 15) is 0 Å². The second kappa shape index (κ2) is 6.94. The maximum Gasteiger partial charge on any atom is 0.119 e. The van der Waals surface area contributed by atoms with Crippen LogP contribution in [0.4, 0.5) is 0 Å². The molecule has 0 spiro atoms. The van der Waals surface area contributed by atoms with Crippen LogP contribution < -0.4 is 10.4 Å². The van der Waals surface area contributed by atoms with E-state index < -0.39 is 8.07 Å². The lowest BCUT2D eigenvalue weighted by Gasteiger charge is -2.42. The molecule has 3 aliphatic carbocycles. The summed E-state index contributed by atoms with van der Waals surface area (Å²) in [7, 11) is -1.87. The minimum Gasteiger partial charge on any atom is -0.0808 e. The van der Waals surface area contributed by atoms with Crippen molar-refractivity contribution in [1.29, 1.82) is 0 Å². The smallest absolute Gasteiger partial charge is 0.0808 e. The van der Waals surface area contributed by atoms with Crippen molar-refractivity contribution in [2.24, 2.45) is 23.7 Å². The topological polar surface area (TPSA) is 0 Å². The normalized spacial score (nSPS) is 32.1. The van der Waals surface area contributed by atoms with Crippen LogP contribution in [-0.4, -0.2) is 8.07 Å². The van der Waals surface area contributed by atoms with E-state index in [0.717, 1.165) is 29.2 Å². The van der Waals surface area contributed by atoms with Gasteiger partial charge in [0, 0.05) is 0 Å². The van der Waals surface area contributed by atoms with Crippen molar-refractivity contribution in [3.63, 3.8) is 0 Å². The number of allylic oxidation sites excluding steroid dienone is 4. The summed E-state index contributed by atoms with van der Waals surface area (Å²) in [5, 5.41) is 3.24. The molecule has 27 heavy (non-hydrogen) atoms. The molecule has 0 radical (unpaired) electrons. The van der Waals surface area contributed by atoms with Crippen LogP contribution in [0.1, 0.15) is 25.7 Å². The molecule has 138 valence electrons. The van der Waals surface area contributed by atoms with Crippen molar-refractivity contribution in [2.45, 2.75) is 37.8 Å². The van der Waals surface area contributed by atoms with Crippen molar-refractivity contribution >= 4 is 18.4 Å². The molecular formula is C26H30Si. The highest BCUT2D eigenvalue weighted by atomic mass is 28.3. The zero-order valence-electron chi connectivity index (χ0n) is 16.3. The monoisotopic (exact) mass is 370 g/mol. The molecule has 2 aromatic rings. The first-order valence-electron chi connectivity index (χ1n) is 10.8. The van der Waals surface area contributed by atoms with Crippen molar-refractivity contribution < 1.29 is 0 Å². The van der Waals surface area contributed by atoms with E-state index in [4.69, 9.17) is 0 Å². The molecule has 2 saturated carbocycles. The first-order valence-corrected chi connectivity index (χ1v) is 13.3. The number of fused-ring (bicyclic) bond motifs is 3. The first kappa shape index (κ1) is 17.2. The van der Waals surface area contributed by atoms with Gasteiger partial charge < -0.3 is 0 Å². The molecule has 0 amide bonds. The van der Waals surface area contributed by atoms with Crippen LogP contribution in [0.3, 0.4) is 0 Å². The zero-order chi connectivity index (χ0) is 18.3. The average Bonchev–Trinajstić information content (AvgIpc) is 3.09. The third kappa shape index (κ3) is 2.70. The number of benzene rings is 2. The van der Waals surface area contributed by atoms with E-state index in [2.05, 4.69) is 91.5 Å². The second-order valence-corrected chi connectivity index (χ2v) is 13.2. The van der Waals surface area contributed by atoms with Crippen LogP contribution in [0.15, 0.2) is 85.0 Å². The van der Waals surface area contributed by atoms with Gasteiger partial charge in [0.1, 0.15) is 8.07 Å². The van der Waals surface area contributed by atoms with Crippen LogP contribution in [0, 0.1) is 23.7 Å². The van der Waals surface area contributed by atoms with Crippen LogP contribution in [0.25, 0.3) is 0 Å². The summed E-state index contributed by atoms with van der Waals surface area (Å²) in [5.74, 6) is 3.28. The van der Waals surface area contributed by atoms with E-state index in [1.807, 2.05) is 0 Å². The van der Waals surface area contributed by atoms with Crippen molar-refractivity contribution in [3.05, 3.63) is 85.0 Å². The summed E-state index contributed by atoms with van der Waals surface area (Å²) < 4.78 is 0. The predicted octanol–water partition coefficient (Wildman–Crippen LogP) is 5.43. The highest BCUT2D eigenvalue weighted by Gasteiger charge is 2.57. The summed E-state index contributed by atoms with van der Waals surface area (Å²) in [4.78, 5) is 0. The van der Waals surface area contributed by atoms with Crippen LogP contribution in [-0.2, 0) is 0 Å². The molecule has 2 aromatic carbocycles. The summed E-state index contributed by atoms with van der Waals surface area (Å²) in [6.45, 7) is 2.67. The Bertz CT molecular complexity index is 796. The highest BCUT2D eigenvalue weighted by Crippen LogP contribution is 2.60. The highest BCUT2D eigenvalue weighted by molar-refractivity contribution is 7.02. The third-order valence-corrected chi connectivity index (χ3v) is 13.1. The zero-order valence-corrected chi connectivity index (χ0v) is 17.3. The molecule has 0 bridgehead atoms. The van der Waals surface area contributed by atoms with E-state index in [-0.39, 0.29) is 0 Å². The second-order valence-electron chi connectivity index (χ2n) is 9.00. The SMILES string of the molecule is C[Si](c1ccccc1)(c1ccccc1)C1C2C=CC=CC2C2CCCCC21. The van der Waals surface area contributed by atoms with Gasteiger partial charge in [0.15, 0.2) is 0 Å². The van der Waals surface area contributed by atoms with Crippen LogP contribution in [0.2, 0.25) is 12.1 Å². The average molecular weight is 371 g/mol. The Kier molecular flexibility index (Phi) is 4.44. The van der Waals surface area contributed by atoms with Gasteiger partial charge >= 0.3 is 0 Å².